The molecule has 0 amide bonds. The molecule has 7 rings (SSSR count). The Kier molecular flexibility index (Phi) is 6.93. The normalized spacial score (nSPS) is 16.9. The third-order valence-electron chi connectivity index (χ3n) is 8.28. The molecule has 2 fully saturated rings. The molecule has 1 atom stereocenters. The van der Waals surface area contributed by atoms with E-state index in [1.54, 1.807) is 11.3 Å². The van der Waals surface area contributed by atoms with Crippen LogP contribution in [0.4, 0.5) is 5.82 Å². The van der Waals surface area contributed by atoms with Gasteiger partial charge in [0, 0.05) is 60.3 Å². The number of hydrogen-bond acceptors (Lipinski definition) is 7. The summed E-state index contributed by atoms with van der Waals surface area (Å²) in [5.41, 5.74) is 6.19. The maximum absolute atomic E-state index is 12.5. The van der Waals surface area contributed by atoms with Crippen LogP contribution >= 0.6 is 22.9 Å². The van der Waals surface area contributed by atoms with Gasteiger partial charge in [0.1, 0.15) is 5.01 Å². The van der Waals surface area contributed by atoms with Crippen molar-refractivity contribution in [2.45, 2.75) is 32.0 Å². The SMILES string of the molecule is Cc1cc2nc(-c3ccc4c(c3)c(N3CCN(C)CC3)nn4C)sc2c(-c2ccc(Cl)cc2)c1[C@H](OC1CC1)C(=O)O. The molecule has 1 N–H and O–H groups in total. The molecule has 0 radical (unpaired) electrons. The highest BCUT2D eigenvalue weighted by molar-refractivity contribution is 7.22. The molecule has 3 heterocycles. The molecular formula is C32H32ClN5O3S. The van der Waals surface area contributed by atoms with Gasteiger partial charge in [0.05, 0.1) is 21.8 Å². The number of ether oxygens (including phenoxy) is 1. The van der Waals surface area contributed by atoms with Gasteiger partial charge in [-0.2, -0.15) is 5.10 Å². The minimum atomic E-state index is -1.06. The van der Waals surface area contributed by atoms with E-state index < -0.39 is 12.1 Å². The Hall–Kier alpha value is -3.50. The van der Waals surface area contributed by atoms with Crippen molar-refractivity contribution in [1.82, 2.24) is 19.7 Å². The van der Waals surface area contributed by atoms with E-state index in [4.69, 9.17) is 26.4 Å². The molecule has 1 aliphatic carbocycles. The standard InChI is InChI=1S/C32H32ClN5O3S/c1-18-16-24-29(27(19-4-7-21(33)8-5-19)26(18)28(32(39)40)41-22-9-10-22)42-31(34-24)20-6-11-25-23(17-20)30(35-37(25)3)38-14-12-36(2)13-15-38/h4-8,11,16-17,22,28H,9-10,12-15H2,1-3H3,(H,39,40)/t28-/m0/s1. The number of aromatic nitrogens is 3. The fourth-order valence-electron chi connectivity index (χ4n) is 5.85. The van der Waals surface area contributed by atoms with Crippen LogP contribution in [-0.4, -0.2) is 70.1 Å². The molecule has 1 saturated carbocycles. The average Bonchev–Trinajstić information content (AvgIpc) is 3.61. The first-order valence-corrected chi connectivity index (χ1v) is 15.4. The summed E-state index contributed by atoms with van der Waals surface area (Å²) in [6, 6.07) is 16.0. The van der Waals surface area contributed by atoms with Crippen molar-refractivity contribution in [1.29, 1.82) is 0 Å². The van der Waals surface area contributed by atoms with Crippen LogP contribution in [0.15, 0.2) is 48.5 Å². The number of fused-ring (bicyclic) bond motifs is 2. The third-order valence-corrected chi connectivity index (χ3v) is 9.67. The molecular weight excluding hydrogens is 570 g/mol. The summed E-state index contributed by atoms with van der Waals surface area (Å²) in [5, 5.41) is 17.8. The van der Waals surface area contributed by atoms with Gasteiger partial charge in [0.15, 0.2) is 11.9 Å². The van der Waals surface area contributed by atoms with Gasteiger partial charge in [-0.3, -0.25) is 4.68 Å². The molecule has 2 aromatic heterocycles. The highest BCUT2D eigenvalue weighted by Crippen LogP contribution is 2.45. The highest BCUT2D eigenvalue weighted by Gasteiger charge is 2.35. The summed E-state index contributed by atoms with van der Waals surface area (Å²) in [6.45, 7) is 5.84. The number of benzene rings is 3. The number of nitrogens with zero attached hydrogens (tertiary/aromatic N) is 5. The van der Waals surface area contributed by atoms with Crippen molar-refractivity contribution >= 4 is 55.8 Å². The molecule has 0 bridgehead atoms. The quantitative estimate of drug-likeness (QED) is 0.227. The Morgan fingerprint density at radius 3 is 2.45 bits per heavy atom. The molecule has 8 nitrogen and oxygen atoms in total. The van der Waals surface area contributed by atoms with Crippen molar-refractivity contribution in [2.24, 2.45) is 7.05 Å². The summed E-state index contributed by atoms with van der Waals surface area (Å²) < 4.78 is 8.97. The topological polar surface area (TPSA) is 83.7 Å². The van der Waals surface area contributed by atoms with E-state index >= 15 is 0 Å². The summed E-state index contributed by atoms with van der Waals surface area (Å²) in [7, 11) is 4.14. The first kappa shape index (κ1) is 27.3. The number of carboxylic acid groups (broad SMARTS) is 1. The van der Waals surface area contributed by atoms with Crippen molar-refractivity contribution < 1.29 is 14.6 Å². The van der Waals surface area contributed by atoms with Gasteiger partial charge in [0.25, 0.3) is 0 Å². The Bertz CT molecular complexity index is 1820. The van der Waals surface area contributed by atoms with E-state index in [0.29, 0.717) is 10.6 Å². The lowest BCUT2D eigenvalue weighted by molar-refractivity contribution is -0.151. The Labute approximate surface area is 253 Å². The number of aryl methyl sites for hydroxylation is 2. The number of halogens is 1. The van der Waals surface area contributed by atoms with Gasteiger partial charge >= 0.3 is 5.97 Å². The van der Waals surface area contributed by atoms with Gasteiger partial charge in [-0.25, -0.2) is 9.78 Å². The number of carboxylic acids is 1. The number of piperazine rings is 1. The van der Waals surface area contributed by atoms with Crippen LogP contribution in [0.3, 0.4) is 0 Å². The number of aliphatic carboxylic acids is 1. The fraction of sp³-hybridized carbons (Fsp3) is 0.344. The van der Waals surface area contributed by atoms with Crippen LogP contribution in [-0.2, 0) is 16.6 Å². The molecule has 216 valence electrons. The molecule has 0 spiro atoms. The summed E-state index contributed by atoms with van der Waals surface area (Å²) in [4.78, 5) is 22.3. The zero-order valence-electron chi connectivity index (χ0n) is 23.8. The van der Waals surface area contributed by atoms with Crippen LogP contribution in [0.25, 0.3) is 42.8 Å². The predicted molar refractivity (Wildman–Crippen MR) is 169 cm³/mol. The largest absolute Gasteiger partial charge is 0.479 e. The van der Waals surface area contributed by atoms with Crippen molar-refractivity contribution in [3.05, 3.63) is 64.7 Å². The van der Waals surface area contributed by atoms with Crippen LogP contribution in [0, 0.1) is 6.92 Å². The Morgan fingerprint density at radius 1 is 1.05 bits per heavy atom. The summed E-state index contributed by atoms with van der Waals surface area (Å²) in [6.07, 6.45) is 0.700. The van der Waals surface area contributed by atoms with Gasteiger partial charge in [-0.15, -0.1) is 11.3 Å². The van der Waals surface area contributed by atoms with E-state index in [1.165, 1.54) is 0 Å². The van der Waals surface area contributed by atoms with Gasteiger partial charge in [-0.05, 0) is 74.3 Å². The number of likely N-dealkylation sites (N-methyl/N-ethyl adjacent to an activating group) is 1. The molecule has 42 heavy (non-hydrogen) atoms. The summed E-state index contributed by atoms with van der Waals surface area (Å²) in [5.74, 6) is 0.0211. The Morgan fingerprint density at radius 2 is 1.76 bits per heavy atom. The predicted octanol–water partition coefficient (Wildman–Crippen LogP) is 6.54. The van der Waals surface area contributed by atoms with Gasteiger partial charge in [0.2, 0.25) is 0 Å². The fourth-order valence-corrected chi connectivity index (χ4v) is 7.10. The molecule has 1 aliphatic heterocycles. The minimum Gasteiger partial charge on any atom is -0.479 e. The average molecular weight is 602 g/mol. The van der Waals surface area contributed by atoms with E-state index in [9.17, 15) is 9.90 Å². The molecule has 0 unspecified atom stereocenters. The minimum absolute atomic E-state index is 0.0167. The second-order valence-electron chi connectivity index (χ2n) is 11.4. The number of carbonyl (C=O) groups is 1. The number of thiazole rings is 1. The summed E-state index contributed by atoms with van der Waals surface area (Å²) >= 11 is 7.83. The number of hydrogen-bond donors (Lipinski definition) is 1. The maximum Gasteiger partial charge on any atom is 0.337 e. The van der Waals surface area contributed by atoms with E-state index in [1.807, 2.05) is 49.0 Å². The lowest BCUT2D eigenvalue weighted by Gasteiger charge is -2.32. The zero-order valence-corrected chi connectivity index (χ0v) is 25.4. The van der Waals surface area contributed by atoms with E-state index in [0.717, 1.165) is 93.2 Å². The van der Waals surface area contributed by atoms with Gasteiger partial charge in [-0.1, -0.05) is 23.7 Å². The van der Waals surface area contributed by atoms with Crippen LogP contribution < -0.4 is 4.90 Å². The van der Waals surface area contributed by atoms with Crippen LogP contribution in [0.5, 0.6) is 0 Å². The van der Waals surface area contributed by atoms with E-state index in [2.05, 4.69) is 35.0 Å². The maximum atomic E-state index is 12.5. The zero-order chi connectivity index (χ0) is 29.1. The van der Waals surface area contributed by atoms with Gasteiger partial charge < -0.3 is 19.6 Å². The first-order valence-electron chi connectivity index (χ1n) is 14.3. The van der Waals surface area contributed by atoms with Crippen molar-refractivity contribution in [3.63, 3.8) is 0 Å². The smallest absolute Gasteiger partial charge is 0.337 e. The monoisotopic (exact) mass is 601 g/mol. The first-order chi connectivity index (χ1) is 20.3. The second kappa shape index (κ2) is 10.6. The lowest BCUT2D eigenvalue weighted by Crippen LogP contribution is -2.44. The lowest BCUT2D eigenvalue weighted by atomic mass is 9.91. The molecule has 10 heteroatoms. The third kappa shape index (κ3) is 4.94. The number of rotatable bonds is 7. The van der Waals surface area contributed by atoms with Crippen molar-refractivity contribution in [3.8, 4) is 21.7 Å². The Balaban J connectivity index is 1.39. The van der Waals surface area contributed by atoms with Crippen LogP contribution in [0.2, 0.25) is 5.02 Å². The highest BCUT2D eigenvalue weighted by atomic mass is 35.5. The van der Waals surface area contributed by atoms with E-state index in [-0.39, 0.29) is 6.10 Å². The molecule has 2 aliphatic rings. The van der Waals surface area contributed by atoms with Crippen molar-refractivity contribution in [2.75, 3.05) is 38.1 Å². The number of anilines is 1. The van der Waals surface area contributed by atoms with Crippen LogP contribution in [0.1, 0.15) is 30.1 Å². The molecule has 3 aromatic carbocycles. The molecule has 5 aromatic rings. The second-order valence-corrected chi connectivity index (χ2v) is 12.8. The molecule has 1 saturated heterocycles.